The highest BCUT2D eigenvalue weighted by atomic mass is 35.5. The fourth-order valence-corrected chi connectivity index (χ4v) is 2.66. The molecule has 4 heteroatoms. The van der Waals surface area contributed by atoms with Crippen LogP contribution in [0.15, 0.2) is 24.4 Å². The highest BCUT2D eigenvalue weighted by molar-refractivity contribution is 6.31. The second-order valence-electron chi connectivity index (χ2n) is 5.23. The van der Waals surface area contributed by atoms with Gasteiger partial charge in [0.15, 0.2) is 0 Å². The third-order valence-electron chi connectivity index (χ3n) is 3.68. The molecule has 0 bridgehead atoms. The summed E-state index contributed by atoms with van der Waals surface area (Å²) in [6.07, 6.45) is 5.11. The van der Waals surface area contributed by atoms with E-state index < -0.39 is 0 Å². The van der Waals surface area contributed by atoms with Crippen LogP contribution in [0, 0.1) is 0 Å². The van der Waals surface area contributed by atoms with Gasteiger partial charge in [-0.1, -0.05) is 24.6 Å². The molecule has 1 atom stereocenters. The summed E-state index contributed by atoms with van der Waals surface area (Å²) in [6, 6.07) is 6.29. The van der Waals surface area contributed by atoms with Gasteiger partial charge in [0.25, 0.3) is 0 Å². The average Bonchev–Trinajstić information content (AvgIpc) is 2.76. The maximum Gasteiger partial charge on any atom is 0.0498 e. The first-order valence-electron chi connectivity index (χ1n) is 7.17. The van der Waals surface area contributed by atoms with E-state index in [0.717, 1.165) is 37.4 Å². The van der Waals surface area contributed by atoms with E-state index in [1.165, 1.54) is 16.5 Å². The van der Waals surface area contributed by atoms with Crippen LogP contribution < -0.4 is 5.73 Å². The van der Waals surface area contributed by atoms with E-state index in [2.05, 4.69) is 23.8 Å². The number of hydrogen-bond donors (Lipinski definition) is 1. The maximum atomic E-state index is 6.13. The summed E-state index contributed by atoms with van der Waals surface area (Å²) >= 11 is 6.13. The molecule has 0 saturated carbocycles. The summed E-state index contributed by atoms with van der Waals surface area (Å²) in [5.74, 6) is 0. The van der Waals surface area contributed by atoms with Gasteiger partial charge in [0.2, 0.25) is 0 Å². The fourth-order valence-electron chi connectivity index (χ4n) is 2.49. The largest absolute Gasteiger partial charge is 0.385 e. The zero-order chi connectivity index (χ0) is 14.5. The van der Waals surface area contributed by atoms with Crippen molar-refractivity contribution < 1.29 is 4.74 Å². The predicted octanol–water partition coefficient (Wildman–Crippen LogP) is 3.61. The standard InChI is InChI=1S/C16H23ClN2O/c1-3-14(18)9-12-11-19(7-4-8-20-2)16-10-13(17)5-6-15(12)16/h5-6,10-11,14H,3-4,7-9,18H2,1-2H3. The highest BCUT2D eigenvalue weighted by Gasteiger charge is 2.11. The number of aromatic nitrogens is 1. The Hall–Kier alpha value is -1.03. The van der Waals surface area contributed by atoms with E-state index in [1.54, 1.807) is 7.11 Å². The van der Waals surface area contributed by atoms with E-state index in [0.29, 0.717) is 0 Å². The van der Waals surface area contributed by atoms with Crippen molar-refractivity contribution in [1.29, 1.82) is 0 Å². The third-order valence-corrected chi connectivity index (χ3v) is 3.92. The Kier molecular flexibility index (Phi) is 5.46. The van der Waals surface area contributed by atoms with Gasteiger partial charge in [-0.15, -0.1) is 0 Å². The minimum Gasteiger partial charge on any atom is -0.385 e. The van der Waals surface area contributed by atoms with Crippen LogP contribution in [-0.2, 0) is 17.7 Å². The summed E-state index contributed by atoms with van der Waals surface area (Å²) in [5.41, 5.74) is 8.60. The van der Waals surface area contributed by atoms with Crippen LogP contribution >= 0.6 is 11.6 Å². The van der Waals surface area contributed by atoms with Crippen LogP contribution in [0.2, 0.25) is 5.02 Å². The Morgan fingerprint density at radius 2 is 2.20 bits per heavy atom. The minimum absolute atomic E-state index is 0.212. The van der Waals surface area contributed by atoms with Crippen molar-refractivity contribution in [2.75, 3.05) is 13.7 Å². The van der Waals surface area contributed by atoms with Gasteiger partial charge in [0, 0.05) is 48.4 Å². The fraction of sp³-hybridized carbons (Fsp3) is 0.500. The normalized spacial score (nSPS) is 13.0. The van der Waals surface area contributed by atoms with Gasteiger partial charge in [0.1, 0.15) is 0 Å². The molecule has 3 nitrogen and oxygen atoms in total. The lowest BCUT2D eigenvalue weighted by Crippen LogP contribution is -2.21. The number of ether oxygens (including phenoxy) is 1. The molecule has 0 aliphatic heterocycles. The summed E-state index contributed by atoms with van der Waals surface area (Å²) < 4.78 is 7.39. The molecule has 2 rings (SSSR count). The molecule has 1 aromatic heterocycles. The monoisotopic (exact) mass is 294 g/mol. The smallest absolute Gasteiger partial charge is 0.0498 e. The van der Waals surface area contributed by atoms with Crippen LogP contribution in [0.25, 0.3) is 10.9 Å². The molecule has 1 heterocycles. The van der Waals surface area contributed by atoms with Gasteiger partial charge in [0.05, 0.1) is 0 Å². The number of aryl methyl sites for hydroxylation is 1. The lowest BCUT2D eigenvalue weighted by molar-refractivity contribution is 0.190. The summed E-state index contributed by atoms with van der Waals surface area (Å²) in [5, 5.41) is 2.03. The van der Waals surface area contributed by atoms with Crippen molar-refractivity contribution in [2.24, 2.45) is 5.73 Å². The number of nitrogens with zero attached hydrogens (tertiary/aromatic N) is 1. The first kappa shape index (κ1) is 15.4. The van der Waals surface area contributed by atoms with Gasteiger partial charge in [-0.25, -0.2) is 0 Å². The molecule has 0 fully saturated rings. The maximum absolute atomic E-state index is 6.13. The second kappa shape index (κ2) is 7.11. The van der Waals surface area contributed by atoms with Crippen LogP contribution in [0.1, 0.15) is 25.3 Å². The van der Waals surface area contributed by atoms with Gasteiger partial charge < -0.3 is 15.0 Å². The number of methoxy groups -OCH3 is 1. The van der Waals surface area contributed by atoms with E-state index in [-0.39, 0.29) is 6.04 Å². The van der Waals surface area contributed by atoms with Crippen LogP contribution in [0.5, 0.6) is 0 Å². The van der Waals surface area contributed by atoms with Crippen molar-refractivity contribution in [1.82, 2.24) is 4.57 Å². The van der Waals surface area contributed by atoms with Crippen LogP contribution in [0.3, 0.4) is 0 Å². The van der Waals surface area contributed by atoms with E-state index >= 15 is 0 Å². The molecule has 2 N–H and O–H groups in total. The van der Waals surface area contributed by atoms with E-state index in [4.69, 9.17) is 22.1 Å². The topological polar surface area (TPSA) is 40.2 Å². The van der Waals surface area contributed by atoms with Crippen molar-refractivity contribution in [2.45, 2.75) is 38.8 Å². The van der Waals surface area contributed by atoms with Gasteiger partial charge in [-0.3, -0.25) is 0 Å². The molecule has 0 aliphatic carbocycles. The summed E-state index contributed by atoms with van der Waals surface area (Å²) in [6.45, 7) is 3.83. The van der Waals surface area contributed by atoms with E-state index in [9.17, 15) is 0 Å². The molecule has 0 amide bonds. The molecular weight excluding hydrogens is 272 g/mol. The molecule has 0 radical (unpaired) electrons. The highest BCUT2D eigenvalue weighted by Crippen LogP contribution is 2.26. The van der Waals surface area contributed by atoms with Crippen molar-refractivity contribution >= 4 is 22.5 Å². The molecule has 110 valence electrons. The van der Waals surface area contributed by atoms with Gasteiger partial charge in [-0.2, -0.15) is 0 Å². The average molecular weight is 295 g/mol. The number of benzene rings is 1. The molecule has 1 aromatic carbocycles. The Bertz CT molecular complexity index is 565. The van der Waals surface area contributed by atoms with Crippen LogP contribution in [-0.4, -0.2) is 24.3 Å². The number of rotatable bonds is 7. The molecular formula is C16H23ClN2O. The zero-order valence-electron chi connectivity index (χ0n) is 12.2. The Morgan fingerprint density at radius 1 is 1.40 bits per heavy atom. The lowest BCUT2D eigenvalue weighted by atomic mass is 10.0. The molecule has 1 unspecified atom stereocenters. The molecule has 0 saturated heterocycles. The zero-order valence-corrected chi connectivity index (χ0v) is 13.0. The molecule has 20 heavy (non-hydrogen) atoms. The molecule has 0 aliphatic rings. The predicted molar refractivity (Wildman–Crippen MR) is 85.4 cm³/mol. The van der Waals surface area contributed by atoms with Crippen molar-refractivity contribution in [3.8, 4) is 0 Å². The van der Waals surface area contributed by atoms with Gasteiger partial charge >= 0.3 is 0 Å². The first-order valence-corrected chi connectivity index (χ1v) is 7.55. The van der Waals surface area contributed by atoms with Crippen LogP contribution in [0.4, 0.5) is 0 Å². The Balaban J connectivity index is 2.33. The van der Waals surface area contributed by atoms with Crippen molar-refractivity contribution in [3.05, 3.63) is 35.0 Å². The third kappa shape index (κ3) is 3.54. The minimum atomic E-state index is 0.212. The number of hydrogen-bond acceptors (Lipinski definition) is 2. The first-order chi connectivity index (χ1) is 9.65. The quantitative estimate of drug-likeness (QED) is 0.793. The van der Waals surface area contributed by atoms with Crippen molar-refractivity contribution in [3.63, 3.8) is 0 Å². The number of fused-ring (bicyclic) bond motifs is 1. The summed E-state index contributed by atoms with van der Waals surface area (Å²) in [7, 11) is 1.73. The number of nitrogens with two attached hydrogens (primary N) is 1. The Morgan fingerprint density at radius 3 is 2.90 bits per heavy atom. The lowest BCUT2D eigenvalue weighted by Gasteiger charge is -2.06. The number of halogens is 1. The van der Waals surface area contributed by atoms with Gasteiger partial charge in [-0.05, 0) is 37.0 Å². The SMILES string of the molecule is CCC(N)Cc1cn(CCCOC)c2cc(Cl)ccc12. The summed E-state index contributed by atoms with van der Waals surface area (Å²) in [4.78, 5) is 0. The Labute approximate surface area is 125 Å². The second-order valence-corrected chi connectivity index (χ2v) is 5.66. The molecule has 0 spiro atoms. The molecule has 2 aromatic rings. The van der Waals surface area contributed by atoms with E-state index in [1.807, 2.05) is 12.1 Å².